The minimum Gasteiger partial charge on any atom is -0.478 e. The molecule has 2 aromatic carbocycles. The van der Waals surface area contributed by atoms with Crippen LogP contribution in [0.3, 0.4) is 0 Å². The van der Waals surface area contributed by atoms with Gasteiger partial charge in [-0.1, -0.05) is 42.1 Å². The molecule has 4 aromatic rings. The van der Waals surface area contributed by atoms with Crippen LogP contribution in [0.25, 0.3) is 10.9 Å². The van der Waals surface area contributed by atoms with Crippen molar-refractivity contribution >= 4 is 28.4 Å². The van der Waals surface area contributed by atoms with Crippen LogP contribution in [0.2, 0.25) is 0 Å². The van der Waals surface area contributed by atoms with E-state index in [4.69, 9.17) is 9.15 Å². The van der Waals surface area contributed by atoms with E-state index in [2.05, 4.69) is 15.2 Å². The Kier molecular flexibility index (Phi) is 5.59. The highest BCUT2D eigenvalue weighted by Crippen LogP contribution is 2.31. The zero-order chi connectivity index (χ0) is 21.3. The Morgan fingerprint density at radius 3 is 2.67 bits per heavy atom. The van der Waals surface area contributed by atoms with Crippen LogP contribution < -0.4 is 4.74 Å². The van der Waals surface area contributed by atoms with Gasteiger partial charge in [0, 0.05) is 22.2 Å². The standard InChI is InChI=1S/C22H20FN3O3S/c1-12-19(15-8-4-6-10-17(15)24-12)20(27)14(3)30-22-26-25-21(29-22)13(2)28-18-11-7-5-9-16(18)23/h4-11,13-14,24H,1-3H3. The third-order valence-electron chi connectivity index (χ3n) is 4.70. The molecule has 2 heterocycles. The summed E-state index contributed by atoms with van der Waals surface area (Å²) in [5.74, 6) is -0.170. The number of para-hydroxylation sites is 2. The number of hydrogen-bond donors (Lipinski definition) is 1. The van der Waals surface area contributed by atoms with E-state index in [1.807, 2.05) is 31.2 Å². The fourth-order valence-corrected chi connectivity index (χ4v) is 3.96. The van der Waals surface area contributed by atoms with Crippen molar-refractivity contribution in [3.8, 4) is 5.75 Å². The van der Waals surface area contributed by atoms with E-state index < -0.39 is 17.2 Å². The number of benzene rings is 2. The Morgan fingerprint density at radius 2 is 1.87 bits per heavy atom. The predicted molar refractivity (Wildman–Crippen MR) is 112 cm³/mol. The van der Waals surface area contributed by atoms with E-state index in [-0.39, 0.29) is 22.6 Å². The molecule has 0 aliphatic heterocycles. The molecule has 0 saturated carbocycles. The first kappa shape index (κ1) is 20.2. The van der Waals surface area contributed by atoms with Crippen LogP contribution in [0.5, 0.6) is 5.75 Å². The first-order valence-corrected chi connectivity index (χ1v) is 10.3. The van der Waals surface area contributed by atoms with Crippen molar-refractivity contribution in [2.75, 3.05) is 0 Å². The molecule has 2 aromatic heterocycles. The number of carbonyl (C=O) groups excluding carboxylic acids is 1. The number of halogens is 1. The van der Waals surface area contributed by atoms with Crippen molar-refractivity contribution in [2.45, 2.75) is 37.3 Å². The zero-order valence-electron chi connectivity index (χ0n) is 16.7. The van der Waals surface area contributed by atoms with Gasteiger partial charge in [0.05, 0.1) is 5.25 Å². The minimum absolute atomic E-state index is 0.0228. The number of fused-ring (bicyclic) bond motifs is 1. The van der Waals surface area contributed by atoms with E-state index in [1.165, 1.54) is 23.9 Å². The topological polar surface area (TPSA) is 81.0 Å². The Labute approximate surface area is 176 Å². The number of nitrogens with one attached hydrogen (secondary N) is 1. The number of thioether (sulfide) groups is 1. The van der Waals surface area contributed by atoms with E-state index in [0.29, 0.717) is 5.56 Å². The molecule has 0 amide bonds. The van der Waals surface area contributed by atoms with Gasteiger partial charge in [0.15, 0.2) is 23.5 Å². The maximum atomic E-state index is 13.8. The summed E-state index contributed by atoms with van der Waals surface area (Å²) in [5.41, 5.74) is 2.42. The van der Waals surface area contributed by atoms with Crippen LogP contribution in [0.1, 0.15) is 41.9 Å². The quantitative estimate of drug-likeness (QED) is 0.311. The van der Waals surface area contributed by atoms with Gasteiger partial charge in [-0.25, -0.2) is 4.39 Å². The molecule has 0 saturated heterocycles. The zero-order valence-corrected chi connectivity index (χ0v) is 17.5. The SMILES string of the molecule is Cc1[nH]c2ccccc2c1C(=O)C(C)Sc1nnc(C(C)Oc2ccccc2F)o1. The molecule has 6 nitrogen and oxygen atoms in total. The second kappa shape index (κ2) is 8.31. The summed E-state index contributed by atoms with van der Waals surface area (Å²) in [7, 11) is 0. The molecule has 1 N–H and O–H groups in total. The third-order valence-corrected chi connectivity index (χ3v) is 5.63. The van der Waals surface area contributed by atoms with E-state index in [0.717, 1.165) is 16.6 Å². The monoisotopic (exact) mass is 425 g/mol. The Balaban J connectivity index is 1.47. The summed E-state index contributed by atoms with van der Waals surface area (Å²) < 4.78 is 25.0. The van der Waals surface area contributed by atoms with Gasteiger partial charge < -0.3 is 14.1 Å². The van der Waals surface area contributed by atoms with Crippen LogP contribution in [0.15, 0.2) is 58.2 Å². The molecule has 2 atom stereocenters. The van der Waals surface area contributed by atoms with Crippen LogP contribution in [-0.4, -0.2) is 26.2 Å². The molecule has 0 fully saturated rings. The molecule has 30 heavy (non-hydrogen) atoms. The molecular weight excluding hydrogens is 405 g/mol. The maximum Gasteiger partial charge on any atom is 0.277 e. The summed E-state index contributed by atoms with van der Waals surface area (Å²) in [6.45, 7) is 5.38. The predicted octanol–water partition coefficient (Wildman–Crippen LogP) is 5.50. The molecule has 0 spiro atoms. The van der Waals surface area contributed by atoms with Gasteiger partial charge >= 0.3 is 0 Å². The molecule has 2 unspecified atom stereocenters. The number of ketones is 1. The Morgan fingerprint density at radius 1 is 1.13 bits per heavy atom. The number of nitrogens with zero attached hydrogens (tertiary/aromatic N) is 2. The Bertz CT molecular complexity index is 1200. The highest BCUT2D eigenvalue weighted by molar-refractivity contribution is 8.00. The fourth-order valence-electron chi connectivity index (χ4n) is 3.22. The average molecular weight is 425 g/mol. The third kappa shape index (κ3) is 3.95. The molecule has 0 radical (unpaired) electrons. The molecule has 4 rings (SSSR count). The number of carbonyl (C=O) groups is 1. The van der Waals surface area contributed by atoms with Gasteiger partial charge in [-0.2, -0.15) is 0 Å². The van der Waals surface area contributed by atoms with Crippen LogP contribution >= 0.6 is 11.8 Å². The molecule has 0 aliphatic rings. The van der Waals surface area contributed by atoms with Gasteiger partial charge in [-0.05, 0) is 39.0 Å². The smallest absolute Gasteiger partial charge is 0.277 e. The average Bonchev–Trinajstić information content (AvgIpc) is 3.32. The number of aromatic amines is 1. The van der Waals surface area contributed by atoms with Crippen LogP contribution in [0, 0.1) is 12.7 Å². The number of aromatic nitrogens is 3. The fraction of sp³-hybridized carbons (Fsp3) is 0.227. The number of Topliss-reactive ketones (excluding diaryl/α,β-unsaturated/α-hetero) is 1. The van der Waals surface area contributed by atoms with Crippen molar-refractivity contribution in [2.24, 2.45) is 0 Å². The Hall–Kier alpha value is -3.13. The van der Waals surface area contributed by atoms with E-state index in [9.17, 15) is 9.18 Å². The van der Waals surface area contributed by atoms with Crippen molar-refractivity contribution in [3.63, 3.8) is 0 Å². The normalized spacial score (nSPS) is 13.3. The first-order chi connectivity index (χ1) is 14.4. The second-order valence-electron chi connectivity index (χ2n) is 6.89. The molecular formula is C22H20FN3O3S. The number of H-pyrrole nitrogens is 1. The summed E-state index contributed by atoms with van der Waals surface area (Å²) in [6.07, 6.45) is -0.634. The maximum absolute atomic E-state index is 13.8. The number of hydrogen-bond acceptors (Lipinski definition) is 6. The lowest BCUT2D eigenvalue weighted by Crippen LogP contribution is -2.14. The molecule has 154 valence electrons. The first-order valence-electron chi connectivity index (χ1n) is 9.46. The summed E-state index contributed by atoms with van der Waals surface area (Å²) in [5, 5.41) is 8.70. The van der Waals surface area contributed by atoms with E-state index in [1.54, 1.807) is 26.0 Å². The number of aryl methyl sites for hydroxylation is 1. The van der Waals surface area contributed by atoms with Crippen molar-refractivity contribution in [1.82, 2.24) is 15.2 Å². The number of ether oxygens (including phenoxy) is 1. The molecule has 8 heteroatoms. The van der Waals surface area contributed by atoms with Gasteiger partial charge in [-0.15, -0.1) is 10.2 Å². The minimum atomic E-state index is -0.634. The van der Waals surface area contributed by atoms with Crippen molar-refractivity contribution < 1.29 is 18.3 Å². The lowest BCUT2D eigenvalue weighted by Gasteiger charge is -2.11. The largest absolute Gasteiger partial charge is 0.478 e. The number of rotatable bonds is 7. The highest BCUT2D eigenvalue weighted by Gasteiger charge is 2.25. The van der Waals surface area contributed by atoms with Crippen molar-refractivity contribution in [3.05, 3.63) is 71.5 Å². The summed E-state index contributed by atoms with van der Waals surface area (Å²) >= 11 is 1.18. The molecule has 0 bridgehead atoms. The molecule has 0 aliphatic carbocycles. The van der Waals surface area contributed by atoms with Gasteiger partial charge in [0.1, 0.15) is 0 Å². The van der Waals surface area contributed by atoms with E-state index >= 15 is 0 Å². The van der Waals surface area contributed by atoms with Gasteiger partial charge in [0.25, 0.3) is 11.1 Å². The second-order valence-corrected chi connectivity index (χ2v) is 8.18. The van der Waals surface area contributed by atoms with Gasteiger partial charge in [0.2, 0.25) is 0 Å². The van der Waals surface area contributed by atoms with Crippen LogP contribution in [-0.2, 0) is 0 Å². The summed E-state index contributed by atoms with van der Waals surface area (Å²) in [4.78, 5) is 16.3. The van der Waals surface area contributed by atoms with Crippen molar-refractivity contribution in [1.29, 1.82) is 0 Å². The lowest BCUT2D eigenvalue weighted by atomic mass is 10.1. The van der Waals surface area contributed by atoms with Gasteiger partial charge in [-0.3, -0.25) is 4.79 Å². The summed E-state index contributed by atoms with van der Waals surface area (Å²) in [6, 6.07) is 13.8. The lowest BCUT2D eigenvalue weighted by molar-refractivity contribution is 0.0994. The highest BCUT2D eigenvalue weighted by atomic mass is 32.2. The van der Waals surface area contributed by atoms with Crippen LogP contribution in [0.4, 0.5) is 4.39 Å².